The topological polar surface area (TPSA) is 41.1 Å². The van der Waals surface area contributed by atoms with Crippen LogP contribution in [0.25, 0.3) is 0 Å². The summed E-state index contributed by atoms with van der Waals surface area (Å²) in [6.45, 7) is 1.94. The van der Waals surface area contributed by atoms with Gasteiger partial charge in [-0.1, -0.05) is 24.3 Å². The van der Waals surface area contributed by atoms with Gasteiger partial charge in [-0.05, 0) is 37.7 Å². The maximum atomic E-state index is 13.6. The molecule has 2 aromatic rings. The summed E-state index contributed by atoms with van der Waals surface area (Å²) in [6, 6.07) is 10.7. The van der Waals surface area contributed by atoms with Crippen LogP contribution in [0.4, 0.5) is 14.5 Å². The standard InChI is InChI=1S/C16H16F2N2O/c1-10(19-2)11-6-3-4-9-14(11)20-16(21)12-7-5-8-13(17)15(12)18/h3-10,19H,1-2H3,(H,20,21). The van der Waals surface area contributed by atoms with E-state index in [4.69, 9.17) is 0 Å². The third kappa shape index (κ3) is 3.25. The Hall–Kier alpha value is -2.27. The molecule has 0 saturated heterocycles. The SMILES string of the molecule is CNC(C)c1ccccc1NC(=O)c1cccc(F)c1F. The summed E-state index contributed by atoms with van der Waals surface area (Å²) < 4.78 is 26.8. The van der Waals surface area contributed by atoms with Crippen molar-refractivity contribution in [3.63, 3.8) is 0 Å². The van der Waals surface area contributed by atoms with Gasteiger partial charge >= 0.3 is 0 Å². The Morgan fingerprint density at radius 2 is 1.81 bits per heavy atom. The van der Waals surface area contributed by atoms with Crippen LogP contribution >= 0.6 is 0 Å². The van der Waals surface area contributed by atoms with Gasteiger partial charge < -0.3 is 10.6 Å². The lowest BCUT2D eigenvalue weighted by atomic mass is 10.1. The maximum absolute atomic E-state index is 13.6. The van der Waals surface area contributed by atoms with Gasteiger partial charge in [0, 0.05) is 11.7 Å². The number of para-hydroxylation sites is 1. The Morgan fingerprint density at radius 3 is 2.52 bits per heavy atom. The van der Waals surface area contributed by atoms with Crippen molar-refractivity contribution >= 4 is 11.6 Å². The van der Waals surface area contributed by atoms with Crippen LogP contribution in [-0.4, -0.2) is 13.0 Å². The molecule has 21 heavy (non-hydrogen) atoms. The first-order valence-electron chi connectivity index (χ1n) is 6.56. The minimum Gasteiger partial charge on any atom is -0.322 e. The van der Waals surface area contributed by atoms with Gasteiger partial charge in [-0.3, -0.25) is 4.79 Å². The summed E-state index contributed by atoms with van der Waals surface area (Å²) in [4.78, 5) is 12.1. The van der Waals surface area contributed by atoms with E-state index >= 15 is 0 Å². The zero-order chi connectivity index (χ0) is 15.4. The lowest BCUT2D eigenvalue weighted by Crippen LogP contribution is -2.19. The molecule has 110 valence electrons. The van der Waals surface area contributed by atoms with Crippen molar-refractivity contribution in [2.24, 2.45) is 0 Å². The van der Waals surface area contributed by atoms with Crippen molar-refractivity contribution in [3.05, 3.63) is 65.2 Å². The molecule has 0 radical (unpaired) electrons. The number of benzene rings is 2. The van der Waals surface area contributed by atoms with Crippen molar-refractivity contribution in [2.45, 2.75) is 13.0 Å². The molecule has 5 heteroatoms. The highest BCUT2D eigenvalue weighted by Crippen LogP contribution is 2.23. The van der Waals surface area contributed by atoms with Crippen molar-refractivity contribution in [3.8, 4) is 0 Å². The van der Waals surface area contributed by atoms with Crippen molar-refractivity contribution in [1.29, 1.82) is 0 Å². The number of carbonyl (C=O) groups excluding carboxylic acids is 1. The fourth-order valence-electron chi connectivity index (χ4n) is 2.01. The van der Waals surface area contributed by atoms with Crippen LogP contribution < -0.4 is 10.6 Å². The second-order valence-electron chi connectivity index (χ2n) is 4.65. The molecule has 0 bridgehead atoms. The largest absolute Gasteiger partial charge is 0.322 e. The molecule has 0 aromatic heterocycles. The minimum absolute atomic E-state index is 0.0128. The first-order chi connectivity index (χ1) is 10.0. The van der Waals surface area contributed by atoms with E-state index in [2.05, 4.69) is 10.6 Å². The highest BCUT2D eigenvalue weighted by atomic mass is 19.2. The molecule has 0 aliphatic heterocycles. The Labute approximate surface area is 122 Å². The van der Waals surface area contributed by atoms with Crippen LogP contribution in [0.1, 0.15) is 28.9 Å². The van der Waals surface area contributed by atoms with Crippen LogP contribution in [-0.2, 0) is 0 Å². The van der Waals surface area contributed by atoms with Gasteiger partial charge in [0.05, 0.1) is 5.56 Å². The number of carbonyl (C=O) groups is 1. The van der Waals surface area contributed by atoms with Gasteiger partial charge in [0.15, 0.2) is 11.6 Å². The van der Waals surface area contributed by atoms with Crippen molar-refractivity contribution < 1.29 is 13.6 Å². The molecule has 2 rings (SSSR count). The fourth-order valence-corrected chi connectivity index (χ4v) is 2.01. The molecule has 1 atom stereocenters. The predicted molar refractivity (Wildman–Crippen MR) is 78.2 cm³/mol. The van der Waals surface area contributed by atoms with Gasteiger partial charge in [-0.25, -0.2) is 8.78 Å². The molecule has 0 fully saturated rings. The van der Waals surface area contributed by atoms with Crippen molar-refractivity contribution in [1.82, 2.24) is 5.32 Å². The fraction of sp³-hybridized carbons (Fsp3) is 0.188. The summed E-state index contributed by atoms with van der Waals surface area (Å²) in [7, 11) is 1.80. The van der Waals surface area contributed by atoms with Crippen molar-refractivity contribution in [2.75, 3.05) is 12.4 Å². The average molecular weight is 290 g/mol. The van der Waals surface area contributed by atoms with Gasteiger partial charge in [-0.2, -0.15) is 0 Å². The molecule has 0 spiro atoms. The van der Waals surface area contributed by atoms with E-state index < -0.39 is 17.5 Å². The molecular formula is C16H16F2N2O. The quantitative estimate of drug-likeness (QED) is 0.905. The molecule has 0 heterocycles. The number of halogens is 2. The van der Waals surface area contributed by atoms with Crippen LogP contribution in [0.5, 0.6) is 0 Å². The highest BCUT2D eigenvalue weighted by Gasteiger charge is 2.17. The van der Waals surface area contributed by atoms with Crippen LogP contribution in [0.3, 0.4) is 0 Å². The van der Waals surface area contributed by atoms with E-state index in [-0.39, 0.29) is 11.6 Å². The van der Waals surface area contributed by atoms with E-state index in [1.165, 1.54) is 12.1 Å². The lowest BCUT2D eigenvalue weighted by Gasteiger charge is -2.16. The Balaban J connectivity index is 2.30. The van der Waals surface area contributed by atoms with Crippen LogP contribution in [0.15, 0.2) is 42.5 Å². The van der Waals surface area contributed by atoms with E-state index in [0.717, 1.165) is 11.6 Å². The summed E-state index contributed by atoms with van der Waals surface area (Å²) >= 11 is 0. The summed E-state index contributed by atoms with van der Waals surface area (Å²) in [5.41, 5.74) is 1.11. The van der Waals surface area contributed by atoms with Gasteiger partial charge in [0.2, 0.25) is 0 Å². The van der Waals surface area contributed by atoms with Crippen LogP contribution in [0.2, 0.25) is 0 Å². The molecule has 2 N–H and O–H groups in total. The Morgan fingerprint density at radius 1 is 1.10 bits per heavy atom. The number of anilines is 1. The zero-order valence-corrected chi connectivity index (χ0v) is 11.8. The number of nitrogens with one attached hydrogen (secondary N) is 2. The Kier molecular flexibility index (Phi) is 4.65. The molecule has 0 aliphatic carbocycles. The molecule has 0 saturated carbocycles. The van der Waals surface area contributed by atoms with E-state index in [1.54, 1.807) is 19.2 Å². The molecular weight excluding hydrogens is 274 g/mol. The summed E-state index contributed by atoms with van der Waals surface area (Å²) in [6.07, 6.45) is 0. The van der Waals surface area contributed by atoms with E-state index in [0.29, 0.717) is 5.69 Å². The lowest BCUT2D eigenvalue weighted by molar-refractivity contribution is 0.102. The summed E-state index contributed by atoms with van der Waals surface area (Å²) in [5.74, 6) is -2.86. The van der Waals surface area contributed by atoms with Crippen LogP contribution in [0, 0.1) is 11.6 Å². The Bertz CT molecular complexity index is 658. The number of hydrogen-bond acceptors (Lipinski definition) is 2. The normalized spacial score (nSPS) is 12.0. The number of rotatable bonds is 4. The number of amides is 1. The minimum atomic E-state index is -1.14. The van der Waals surface area contributed by atoms with Gasteiger partial charge in [-0.15, -0.1) is 0 Å². The molecule has 1 amide bonds. The second-order valence-corrected chi connectivity index (χ2v) is 4.65. The molecule has 2 aromatic carbocycles. The predicted octanol–water partition coefficient (Wildman–Crippen LogP) is 3.50. The summed E-state index contributed by atoms with van der Waals surface area (Å²) in [5, 5.41) is 5.69. The van der Waals surface area contributed by atoms with Gasteiger partial charge in [0.25, 0.3) is 5.91 Å². The zero-order valence-electron chi connectivity index (χ0n) is 11.8. The molecule has 0 aliphatic rings. The molecule has 1 unspecified atom stereocenters. The third-order valence-corrected chi connectivity index (χ3v) is 3.30. The third-order valence-electron chi connectivity index (χ3n) is 3.30. The first-order valence-corrected chi connectivity index (χ1v) is 6.56. The van der Waals surface area contributed by atoms with E-state index in [9.17, 15) is 13.6 Å². The highest BCUT2D eigenvalue weighted by molar-refractivity contribution is 6.04. The maximum Gasteiger partial charge on any atom is 0.258 e. The number of hydrogen-bond donors (Lipinski definition) is 2. The monoisotopic (exact) mass is 290 g/mol. The second kappa shape index (κ2) is 6.45. The smallest absolute Gasteiger partial charge is 0.258 e. The van der Waals surface area contributed by atoms with E-state index in [1.807, 2.05) is 19.1 Å². The first kappa shape index (κ1) is 15.1. The van der Waals surface area contributed by atoms with Gasteiger partial charge in [0.1, 0.15) is 0 Å². The molecule has 3 nitrogen and oxygen atoms in total. The average Bonchev–Trinajstić information content (AvgIpc) is 2.49.